The molecule has 0 saturated heterocycles. The van der Waals surface area contributed by atoms with E-state index in [0.717, 1.165) is 17.0 Å². The lowest BCUT2D eigenvalue weighted by Crippen LogP contribution is -2.11. The van der Waals surface area contributed by atoms with Gasteiger partial charge in [0.05, 0.1) is 18.4 Å². The molecule has 0 saturated carbocycles. The summed E-state index contributed by atoms with van der Waals surface area (Å²) in [7, 11) is 1.62. The lowest BCUT2D eigenvalue weighted by Gasteiger charge is -2.04. The lowest BCUT2D eigenvalue weighted by atomic mass is 10.2. The molecule has 0 unspecified atom stereocenters. The Hall–Kier alpha value is -3.74. The highest BCUT2D eigenvalue weighted by atomic mass is 16.5. The van der Waals surface area contributed by atoms with Gasteiger partial charge in [0.1, 0.15) is 16.8 Å². The van der Waals surface area contributed by atoms with Crippen molar-refractivity contribution in [3.63, 3.8) is 0 Å². The summed E-state index contributed by atoms with van der Waals surface area (Å²) < 4.78 is 5.16. The Morgan fingerprint density at radius 2 is 1.85 bits per heavy atom. The van der Waals surface area contributed by atoms with E-state index in [-0.39, 0.29) is 5.91 Å². The molecule has 2 heterocycles. The second-order valence-corrected chi connectivity index (χ2v) is 5.59. The van der Waals surface area contributed by atoms with Crippen LogP contribution in [0.4, 0.5) is 5.69 Å². The number of fused-ring (bicyclic) bond motifs is 1. The molecule has 0 aliphatic rings. The predicted molar refractivity (Wildman–Crippen MR) is 97.6 cm³/mol. The highest BCUT2D eigenvalue weighted by molar-refractivity contribution is 6.04. The molecule has 0 aliphatic heterocycles. The third kappa shape index (κ3) is 3.10. The zero-order chi connectivity index (χ0) is 17.9. The molecule has 7 nitrogen and oxygen atoms in total. The number of aromatic nitrogens is 4. The number of anilines is 1. The standard InChI is InChI=1S/C19H15N5O2/c1-26-16-7-5-15(6-8-16)24-22-17-9-4-14(11-18(17)23-24)21-19(25)13-3-2-10-20-12-13/h2-12H,1H3,(H,21,25). The Labute approximate surface area is 149 Å². The first-order valence-electron chi connectivity index (χ1n) is 7.96. The second kappa shape index (κ2) is 6.64. The fourth-order valence-corrected chi connectivity index (χ4v) is 2.52. The zero-order valence-corrected chi connectivity index (χ0v) is 14.0. The average Bonchev–Trinajstić information content (AvgIpc) is 3.12. The van der Waals surface area contributed by atoms with Crippen molar-refractivity contribution in [1.82, 2.24) is 20.0 Å². The van der Waals surface area contributed by atoms with E-state index in [0.29, 0.717) is 16.8 Å². The van der Waals surface area contributed by atoms with Crippen LogP contribution in [0.5, 0.6) is 5.75 Å². The zero-order valence-electron chi connectivity index (χ0n) is 14.0. The fourth-order valence-electron chi connectivity index (χ4n) is 2.52. The maximum Gasteiger partial charge on any atom is 0.257 e. The number of hydrogen-bond acceptors (Lipinski definition) is 5. The van der Waals surface area contributed by atoms with Gasteiger partial charge in [0.15, 0.2) is 0 Å². The van der Waals surface area contributed by atoms with Crippen LogP contribution >= 0.6 is 0 Å². The minimum absolute atomic E-state index is 0.222. The van der Waals surface area contributed by atoms with Crippen LogP contribution in [-0.2, 0) is 0 Å². The highest BCUT2D eigenvalue weighted by Crippen LogP contribution is 2.19. The Bertz CT molecular complexity index is 1060. The summed E-state index contributed by atoms with van der Waals surface area (Å²) in [5, 5.41) is 11.8. The quantitative estimate of drug-likeness (QED) is 0.615. The molecule has 26 heavy (non-hydrogen) atoms. The van der Waals surface area contributed by atoms with Crippen molar-refractivity contribution < 1.29 is 9.53 Å². The molecule has 0 radical (unpaired) electrons. The van der Waals surface area contributed by atoms with Gasteiger partial charge in [0.2, 0.25) is 0 Å². The van der Waals surface area contributed by atoms with Crippen molar-refractivity contribution >= 4 is 22.6 Å². The van der Waals surface area contributed by atoms with Crippen LogP contribution in [0.15, 0.2) is 67.0 Å². The van der Waals surface area contributed by atoms with E-state index in [1.54, 1.807) is 42.4 Å². The Morgan fingerprint density at radius 1 is 1.04 bits per heavy atom. The second-order valence-electron chi connectivity index (χ2n) is 5.59. The van der Waals surface area contributed by atoms with Crippen molar-refractivity contribution in [1.29, 1.82) is 0 Å². The normalized spacial score (nSPS) is 10.7. The van der Waals surface area contributed by atoms with Crippen LogP contribution in [0.2, 0.25) is 0 Å². The molecular formula is C19H15N5O2. The van der Waals surface area contributed by atoms with Crippen LogP contribution in [0, 0.1) is 0 Å². The van der Waals surface area contributed by atoms with Gasteiger partial charge in [-0.1, -0.05) is 0 Å². The van der Waals surface area contributed by atoms with Crippen LogP contribution in [0.25, 0.3) is 16.7 Å². The molecule has 128 valence electrons. The number of carbonyl (C=O) groups is 1. The van der Waals surface area contributed by atoms with Gasteiger partial charge in [-0.25, -0.2) is 0 Å². The Balaban J connectivity index is 1.60. The van der Waals surface area contributed by atoms with Gasteiger partial charge in [-0.2, -0.15) is 4.80 Å². The number of rotatable bonds is 4. The molecule has 2 aromatic heterocycles. The van der Waals surface area contributed by atoms with Crippen LogP contribution in [0.1, 0.15) is 10.4 Å². The maximum atomic E-state index is 12.2. The van der Waals surface area contributed by atoms with E-state index in [9.17, 15) is 4.79 Å². The van der Waals surface area contributed by atoms with Gasteiger partial charge >= 0.3 is 0 Å². The lowest BCUT2D eigenvalue weighted by molar-refractivity contribution is 0.102. The first-order chi connectivity index (χ1) is 12.7. The van der Waals surface area contributed by atoms with E-state index in [4.69, 9.17) is 4.74 Å². The molecule has 4 aromatic rings. The number of pyridine rings is 1. The summed E-state index contributed by atoms with van der Waals surface area (Å²) in [6.45, 7) is 0. The number of nitrogens with one attached hydrogen (secondary N) is 1. The smallest absolute Gasteiger partial charge is 0.257 e. The summed E-state index contributed by atoms with van der Waals surface area (Å²) in [6.07, 6.45) is 3.15. The van der Waals surface area contributed by atoms with Gasteiger partial charge in [-0.3, -0.25) is 9.78 Å². The molecule has 1 N–H and O–H groups in total. The summed E-state index contributed by atoms with van der Waals surface area (Å²) in [5.74, 6) is 0.547. The summed E-state index contributed by atoms with van der Waals surface area (Å²) in [4.78, 5) is 17.7. The number of hydrogen-bond donors (Lipinski definition) is 1. The molecule has 0 atom stereocenters. The molecule has 1 amide bonds. The third-order valence-electron chi connectivity index (χ3n) is 3.87. The number of amides is 1. The van der Waals surface area contributed by atoms with Gasteiger partial charge in [-0.05, 0) is 54.6 Å². The number of methoxy groups -OCH3 is 1. The van der Waals surface area contributed by atoms with Crippen molar-refractivity contribution in [2.45, 2.75) is 0 Å². The molecule has 7 heteroatoms. The molecule has 0 aliphatic carbocycles. The number of carbonyl (C=O) groups excluding carboxylic acids is 1. The highest BCUT2D eigenvalue weighted by Gasteiger charge is 2.09. The van der Waals surface area contributed by atoms with E-state index < -0.39 is 0 Å². The number of ether oxygens (including phenoxy) is 1. The summed E-state index contributed by atoms with van der Waals surface area (Å²) in [5.41, 5.74) is 3.38. The summed E-state index contributed by atoms with van der Waals surface area (Å²) >= 11 is 0. The number of nitrogens with zero attached hydrogens (tertiary/aromatic N) is 4. The van der Waals surface area contributed by atoms with E-state index in [2.05, 4.69) is 20.5 Å². The Morgan fingerprint density at radius 3 is 2.58 bits per heavy atom. The monoisotopic (exact) mass is 345 g/mol. The molecule has 2 aromatic carbocycles. The third-order valence-corrected chi connectivity index (χ3v) is 3.87. The van der Waals surface area contributed by atoms with E-state index >= 15 is 0 Å². The first kappa shape index (κ1) is 15.8. The van der Waals surface area contributed by atoms with Crippen LogP contribution in [-0.4, -0.2) is 33.0 Å². The van der Waals surface area contributed by atoms with Crippen LogP contribution in [0.3, 0.4) is 0 Å². The van der Waals surface area contributed by atoms with Crippen LogP contribution < -0.4 is 10.1 Å². The maximum absolute atomic E-state index is 12.2. The molecule has 4 rings (SSSR count). The van der Waals surface area contributed by atoms with Crippen molar-refractivity contribution in [2.75, 3.05) is 12.4 Å². The van der Waals surface area contributed by atoms with Crippen molar-refractivity contribution in [3.8, 4) is 11.4 Å². The van der Waals surface area contributed by atoms with Gasteiger partial charge in [0, 0.05) is 18.1 Å². The summed E-state index contributed by atoms with van der Waals surface area (Å²) in [6, 6.07) is 16.3. The van der Waals surface area contributed by atoms with Gasteiger partial charge < -0.3 is 10.1 Å². The first-order valence-corrected chi connectivity index (χ1v) is 7.96. The van der Waals surface area contributed by atoms with E-state index in [1.807, 2.05) is 30.3 Å². The van der Waals surface area contributed by atoms with Crippen molar-refractivity contribution in [3.05, 3.63) is 72.6 Å². The number of benzene rings is 2. The average molecular weight is 345 g/mol. The minimum Gasteiger partial charge on any atom is -0.497 e. The SMILES string of the molecule is COc1ccc(-n2nc3ccc(NC(=O)c4cccnc4)cc3n2)cc1. The molecule has 0 spiro atoms. The Kier molecular flexibility index (Phi) is 4.03. The van der Waals surface area contributed by atoms with Crippen molar-refractivity contribution in [2.24, 2.45) is 0 Å². The largest absolute Gasteiger partial charge is 0.497 e. The molecule has 0 fully saturated rings. The molecular weight excluding hydrogens is 330 g/mol. The van der Waals surface area contributed by atoms with Gasteiger partial charge in [-0.15, -0.1) is 10.2 Å². The minimum atomic E-state index is -0.222. The fraction of sp³-hybridized carbons (Fsp3) is 0.0526. The van der Waals surface area contributed by atoms with E-state index in [1.165, 1.54) is 6.20 Å². The predicted octanol–water partition coefficient (Wildman–Crippen LogP) is 3.08. The topological polar surface area (TPSA) is 81.9 Å². The van der Waals surface area contributed by atoms with Gasteiger partial charge in [0.25, 0.3) is 5.91 Å². The molecule has 0 bridgehead atoms.